The van der Waals surface area contributed by atoms with Gasteiger partial charge in [-0.2, -0.15) is 0 Å². The number of ether oxygens (including phenoxy) is 3. The Morgan fingerprint density at radius 1 is 1.27 bits per heavy atom. The molecule has 2 aromatic rings. The van der Waals surface area contributed by atoms with E-state index in [0.29, 0.717) is 36.2 Å². The second-order valence-electron chi connectivity index (χ2n) is 5.77. The molecule has 1 heterocycles. The van der Waals surface area contributed by atoms with Crippen LogP contribution in [0.25, 0.3) is 0 Å². The van der Waals surface area contributed by atoms with Crippen molar-refractivity contribution in [3.8, 4) is 17.2 Å². The van der Waals surface area contributed by atoms with E-state index in [9.17, 15) is 4.79 Å². The third-order valence-corrected chi connectivity index (χ3v) is 4.15. The molecule has 5 nitrogen and oxygen atoms in total. The van der Waals surface area contributed by atoms with Crippen molar-refractivity contribution in [3.05, 3.63) is 65.7 Å². The van der Waals surface area contributed by atoms with Gasteiger partial charge in [0.25, 0.3) is 5.91 Å². The van der Waals surface area contributed by atoms with Crippen LogP contribution in [0.15, 0.2) is 55.1 Å². The molecule has 0 bridgehead atoms. The van der Waals surface area contributed by atoms with Crippen LogP contribution in [-0.4, -0.2) is 25.7 Å². The van der Waals surface area contributed by atoms with Crippen LogP contribution < -0.4 is 19.5 Å². The lowest BCUT2D eigenvalue weighted by Crippen LogP contribution is -2.35. The van der Waals surface area contributed by atoms with Crippen molar-refractivity contribution in [1.82, 2.24) is 5.32 Å². The van der Waals surface area contributed by atoms with E-state index in [-0.39, 0.29) is 18.6 Å². The smallest absolute Gasteiger partial charge is 0.258 e. The lowest BCUT2D eigenvalue weighted by atomic mass is 10.0. The average Bonchev–Trinajstić information content (AvgIpc) is 2.66. The van der Waals surface area contributed by atoms with Gasteiger partial charge in [-0.1, -0.05) is 36.4 Å². The van der Waals surface area contributed by atoms with E-state index in [4.69, 9.17) is 25.8 Å². The van der Waals surface area contributed by atoms with Gasteiger partial charge in [-0.25, -0.2) is 0 Å². The first-order valence-electron chi connectivity index (χ1n) is 8.34. The van der Waals surface area contributed by atoms with Gasteiger partial charge in [0, 0.05) is 17.0 Å². The lowest BCUT2D eigenvalue weighted by molar-refractivity contribution is -0.124. The van der Waals surface area contributed by atoms with Crippen molar-refractivity contribution >= 4 is 17.5 Å². The number of amides is 1. The maximum atomic E-state index is 12.3. The van der Waals surface area contributed by atoms with Crippen LogP contribution in [0.1, 0.15) is 18.0 Å². The fraction of sp³-hybridized carbons (Fsp3) is 0.250. The van der Waals surface area contributed by atoms with Crippen molar-refractivity contribution in [2.45, 2.75) is 12.5 Å². The summed E-state index contributed by atoms with van der Waals surface area (Å²) in [5.41, 5.74) is 0.881. The zero-order valence-corrected chi connectivity index (χ0v) is 15.0. The molecule has 0 fully saturated rings. The quantitative estimate of drug-likeness (QED) is 0.747. The van der Waals surface area contributed by atoms with Crippen LogP contribution in [0, 0.1) is 0 Å². The minimum atomic E-state index is -0.221. The van der Waals surface area contributed by atoms with Gasteiger partial charge in [0.05, 0.1) is 12.6 Å². The van der Waals surface area contributed by atoms with E-state index in [2.05, 4.69) is 11.9 Å². The molecule has 136 valence electrons. The summed E-state index contributed by atoms with van der Waals surface area (Å²) in [5, 5.41) is 3.58. The minimum absolute atomic E-state index is 0.109. The zero-order chi connectivity index (χ0) is 18.4. The van der Waals surface area contributed by atoms with Crippen molar-refractivity contribution in [2.75, 3.05) is 19.8 Å². The number of carbonyl (C=O) groups is 1. The molecule has 26 heavy (non-hydrogen) atoms. The van der Waals surface area contributed by atoms with Gasteiger partial charge in [0.15, 0.2) is 18.1 Å². The first-order valence-corrected chi connectivity index (χ1v) is 8.72. The van der Waals surface area contributed by atoms with Crippen molar-refractivity contribution in [3.63, 3.8) is 0 Å². The van der Waals surface area contributed by atoms with Crippen LogP contribution in [0.2, 0.25) is 5.02 Å². The molecule has 1 amide bonds. The molecule has 3 rings (SSSR count). The van der Waals surface area contributed by atoms with Crippen LogP contribution >= 0.6 is 11.6 Å². The van der Waals surface area contributed by atoms with E-state index in [1.807, 2.05) is 24.3 Å². The number of hydrogen-bond donors (Lipinski definition) is 1. The van der Waals surface area contributed by atoms with Crippen molar-refractivity contribution in [1.29, 1.82) is 0 Å². The number of hydrogen-bond acceptors (Lipinski definition) is 4. The molecular formula is C20H20ClNO4. The normalized spacial score (nSPS) is 15.3. The van der Waals surface area contributed by atoms with E-state index < -0.39 is 0 Å². The van der Waals surface area contributed by atoms with E-state index in [1.165, 1.54) is 0 Å². The Morgan fingerprint density at radius 2 is 2.04 bits per heavy atom. The Bertz CT molecular complexity index is 793. The molecule has 1 aliphatic heterocycles. The number of rotatable bonds is 7. The van der Waals surface area contributed by atoms with Gasteiger partial charge in [0.1, 0.15) is 12.4 Å². The van der Waals surface area contributed by atoms with E-state index in [1.54, 1.807) is 24.3 Å². The predicted octanol–water partition coefficient (Wildman–Crippen LogP) is 3.92. The fourth-order valence-corrected chi connectivity index (χ4v) is 2.91. The highest BCUT2D eigenvalue weighted by atomic mass is 35.5. The number of nitrogens with one attached hydrogen (secondary N) is 1. The molecule has 2 aromatic carbocycles. The monoisotopic (exact) mass is 373 g/mol. The molecule has 0 aliphatic carbocycles. The van der Waals surface area contributed by atoms with Crippen LogP contribution in [0.5, 0.6) is 17.2 Å². The molecule has 0 spiro atoms. The fourth-order valence-electron chi connectivity index (χ4n) is 2.73. The Balaban J connectivity index is 1.61. The second-order valence-corrected chi connectivity index (χ2v) is 6.21. The largest absolute Gasteiger partial charge is 0.493 e. The Kier molecular flexibility index (Phi) is 6.02. The topological polar surface area (TPSA) is 56.8 Å². The number of halogens is 1. The number of benzene rings is 2. The van der Waals surface area contributed by atoms with E-state index in [0.717, 1.165) is 11.3 Å². The number of carbonyl (C=O) groups excluding carboxylic acids is 1. The molecule has 1 unspecified atom stereocenters. The highest BCUT2D eigenvalue weighted by Crippen LogP contribution is 2.34. The van der Waals surface area contributed by atoms with Crippen molar-refractivity contribution in [2.24, 2.45) is 0 Å². The van der Waals surface area contributed by atoms with Crippen LogP contribution in [0.3, 0.4) is 0 Å². The van der Waals surface area contributed by atoms with Gasteiger partial charge >= 0.3 is 0 Å². The Labute approximate surface area is 157 Å². The molecule has 0 saturated heterocycles. The second kappa shape index (κ2) is 8.63. The Hall–Kier alpha value is -2.66. The molecule has 6 heteroatoms. The average molecular weight is 374 g/mol. The SMILES string of the molecule is C=CCOc1ccccc1OCC(=O)NC1CCOc2ccc(Cl)cc21. The Morgan fingerprint density at radius 3 is 2.81 bits per heavy atom. The van der Waals surface area contributed by atoms with Crippen LogP contribution in [-0.2, 0) is 4.79 Å². The minimum Gasteiger partial charge on any atom is -0.493 e. The maximum Gasteiger partial charge on any atom is 0.258 e. The van der Waals surface area contributed by atoms with Gasteiger partial charge in [-0.15, -0.1) is 0 Å². The third kappa shape index (κ3) is 4.49. The standard InChI is InChI=1S/C20H20ClNO4/c1-2-10-24-18-5-3-4-6-19(18)26-13-20(23)22-16-9-11-25-17-8-7-14(21)12-15(16)17/h2-8,12,16H,1,9-11,13H2,(H,22,23). The van der Waals surface area contributed by atoms with Gasteiger partial charge in [-0.05, 0) is 30.3 Å². The molecule has 0 radical (unpaired) electrons. The van der Waals surface area contributed by atoms with Gasteiger partial charge < -0.3 is 19.5 Å². The van der Waals surface area contributed by atoms with Gasteiger partial charge in [-0.3, -0.25) is 4.79 Å². The van der Waals surface area contributed by atoms with Crippen molar-refractivity contribution < 1.29 is 19.0 Å². The third-order valence-electron chi connectivity index (χ3n) is 3.91. The summed E-state index contributed by atoms with van der Waals surface area (Å²) < 4.78 is 16.7. The summed E-state index contributed by atoms with van der Waals surface area (Å²) in [4.78, 5) is 12.3. The predicted molar refractivity (Wildman–Crippen MR) is 100 cm³/mol. The molecule has 1 N–H and O–H groups in total. The van der Waals surface area contributed by atoms with E-state index >= 15 is 0 Å². The lowest BCUT2D eigenvalue weighted by Gasteiger charge is -2.27. The molecule has 1 aliphatic rings. The number of fused-ring (bicyclic) bond motifs is 1. The molecular weight excluding hydrogens is 354 g/mol. The zero-order valence-electron chi connectivity index (χ0n) is 14.2. The summed E-state index contributed by atoms with van der Waals surface area (Å²) in [6.07, 6.45) is 2.33. The highest BCUT2D eigenvalue weighted by Gasteiger charge is 2.23. The van der Waals surface area contributed by atoms with Gasteiger partial charge in [0.2, 0.25) is 0 Å². The summed E-state index contributed by atoms with van der Waals surface area (Å²) in [7, 11) is 0. The summed E-state index contributed by atoms with van der Waals surface area (Å²) >= 11 is 6.06. The highest BCUT2D eigenvalue weighted by molar-refractivity contribution is 6.30. The van der Waals surface area contributed by atoms with Crippen LogP contribution in [0.4, 0.5) is 0 Å². The molecule has 1 atom stereocenters. The summed E-state index contributed by atoms with van der Waals surface area (Å²) in [5.74, 6) is 1.61. The first kappa shape index (κ1) is 18.1. The number of para-hydroxylation sites is 2. The summed E-state index contributed by atoms with van der Waals surface area (Å²) in [6, 6.07) is 12.5. The summed E-state index contributed by atoms with van der Waals surface area (Å²) in [6.45, 7) is 4.42. The molecule has 0 aromatic heterocycles. The maximum absolute atomic E-state index is 12.3. The first-order chi connectivity index (χ1) is 12.7. The molecule has 0 saturated carbocycles.